The highest BCUT2D eigenvalue weighted by molar-refractivity contribution is 4.89. The Hall–Kier alpha value is -0.940. The van der Waals surface area contributed by atoms with E-state index in [1.165, 1.54) is 0 Å². The summed E-state index contributed by atoms with van der Waals surface area (Å²) in [5.74, 6) is 1.56. The molecule has 0 aromatic carbocycles. The Morgan fingerprint density at radius 1 is 1.47 bits per heavy atom. The fraction of sp³-hybridized carbons (Fsp3) is 0.833. The number of aromatic nitrogens is 3. The maximum absolute atomic E-state index is 6.07. The molecule has 1 aromatic rings. The summed E-state index contributed by atoms with van der Waals surface area (Å²) in [7, 11) is 1.71. The number of nitrogens with zero attached hydrogens (tertiary/aromatic N) is 3. The largest absolute Gasteiger partial charge is 0.385 e. The van der Waals surface area contributed by atoms with Crippen molar-refractivity contribution in [1.29, 1.82) is 0 Å². The summed E-state index contributed by atoms with van der Waals surface area (Å²) < 4.78 is 6.97. The molecule has 0 aliphatic heterocycles. The molecule has 5 nitrogen and oxygen atoms in total. The quantitative estimate of drug-likeness (QED) is 0.694. The second-order valence-corrected chi connectivity index (χ2v) is 4.85. The Morgan fingerprint density at radius 3 is 2.88 bits per heavy atom. The Balaban J connectivity index is 2.41. The molecule has 1 atom stereocenters. The minimum atomic E-state index is 0.139. The molecule has 0 fully saturated rings. The van der Waals surface area contributed by atoms with E-state index in [4.69, 9.17) is 10.5 Å². The van der Waals surface area contributed by atoms with Crippen LogP contribution in [0.3, 0.4) is 0 Å². The van der Waals surface area contributed by atoms with Crippen LogP contribution in [0.1, 0.15) is 32.5 Å². The third-order valence-electron chi connectivity index (χ3n) is 2.60. The molecule has 0 saturated heterocycles. The maximum atomic E-state index is 6.07. The average Bonchev–Trinajstić information content (AvgIpc) is 2.65. The van der Waals surface area contributed by atoms with Gasteiger partial charge < -0.3 is 10.5 Å². The van der Waals surface area contributed by atoms with Crippen LogP contribution in [0.4, 0.5) is 0 Å². The summed E-state index contributed by atoms with van der Waals surface area (Å²) in [6.45, 7) is 6.01. The first-order chi connectivity index (χ1) is 8.13. The van der Waals surface area contributed by atoms with Gasteiger partial charge in [-0.1, -0.05) is 13.8 Å². The van der Waals surface area contributed by atoms with Crippen LogP contribution >= 0.6 is 0 Å². The van der Waals surface area contributed by atoms with Crippen LogP contribution in [-0.4, -0.2) is 34.5 Å². The standard InChI is InChI=1S/C12H24N4O/c1-10(2)8-16-12(14-9-15-16)7-11(13)5-4-6-17-3/h9-11H,4-8,13H2,1-3H3. The van der Waals surface area contributed by atoms with Crippen molar-refractivity contribution >= 4 is 0 Å². The summed E-state index contributed by atoms with van der Waals surface area (Å²) in [6.07, 6.45) is 4.36. The van der Waals surface area contributed by atoms with E-state index in [1.54, 1.807) is 13.4 Å². The second-order valence-electron chi connectivity index (χ2n) is 4.85. The van der Waals surface area contributed by atoms with Gasteiger partial charge >= 0.3 is 0 Å². The molecule has 0 bridgehead atoms. The van der Waals surface area contributed by atoms with Gasteiger partial charge in [0, 0.05) is 32.7 Å². The van der Waals surface area contributed by atoms with Crippen LogP contribution in [0.2, 0.25) is 0 Å². The van der Waals surface area contributed by atoms with Gasteiger partial charge in [-0.25, -0.2) is 9.67 Å². The summed E-state index contributed by atoms with van der Waals surface area (Å²) in [5.41, 5.74) is 6.07. The number of nitrogens with two attached hydrogens (primary N) is 1. The van der Waals surface area contributed by atoms with Gasteiger partial charge in [-0.15, -0.1) is 0 Å². The summed E-state index contributed by atoms with van der Waals surface area (Å²) in [5, 5.41) is 4.23. The van der Waals surface area contributed by atoms with Crippen molar-refractivity contribution < 1.29 is 4.74 Å². The lowest BCUT2D eigenvalue weighted by Gasteiger charge is -2.13. The minimum Gasteiger partial charge on any atom is -0.385 e. The van der Waals surface area contributed by atoms with Crippen molar-refractivity contribution in [3.05, 3.63) is 12.2 Å². The highest BCUT2D eigenvalue weighted by atomic mass is 16.5. The predicted octanol–water partition coefficient (Wildman–Crippen LogP) is 1.23. The normalized spacial score (nSPS) is 13.2. The Morgan fingerprint density at radius 2 is 2.24 bits per heavy atom. The molecule has 2 N–H and O–H groups in total. The van der Waals surface area contributed by atoms with Crippen LogP contribution < -0.4 is 5.73 Å². The first-order valence-corrected chi connectivity index (χ1v) is 6.24. The summed E-state index contributed by atoms with van der Waals surface area (Å²) >= 11 is 0. The number of methoxy groups -OCH3 is 1. The van der Waals surface area contributed by atoms with Crippen molar-refractivity contribution in [3.8, 4) is 0 Å². The van der Waals surface area contributed by atoms with Crippen molar-refractivity contribution in [2.45, 2.75) is 45.7 Å². The molecule has 1 unspecified atom stereocenters. The van der Waals surface area contributed by atoms with Crippen molar-refractivity contribution in [2.75, 3.05) is 13.7 Å². The third-order valence-corrected chi connectivity index (χ3v) is 2.60. The van der Waals surface area contributed by atoms with Gasteiger partial charge in [0.15, 0.2) is 0 Å². The van der Waals surface area contributed by atoms with E-state index >= 15 is 0 Å². The smallest absolute Gasteiger partial charge is 0.138 e. The molecule has 5 heteroatoms. The van der Waals surface area contributed by atoms with E-state index in [-0.39, 0.29) is 6.04 Å². The Labute approximate surface area is 103 Å². The van der Waals surface area contributed by atoms with Crippen molar-refractivity contribution in [1.82, 2.24) is 14.8 Å². The molecule has 0 radical (unpaired) electrons. The molecular weight excluding hydrogens is 216 g/mol. The van der Waals surface area contributed by atoms with Gasteiger partial charge in [0.25, 0.3) is 0 Å². The summed E-state index contributed by atoms with van der Waals surface area (Å²) in [6, 6.07) is 0.139. The molecule has 17 heavy (non-hydrogen) atoms. The zero-order valence-electron chi connectivity index (χ0n) is 11.1. The number of ether oxygens (including phenoxy) is 1. The van der Waals surface area contributed by atoms with E-state index < -0.39 is 0 Å². The highest BCUT2D eigenvalue weighted by Gasteiger charge is 2.10. The van der Waals surface area contributed by atoms with Crippen molar-refractivity contribution in [3.63, 3.8) is 0 Å². The fourth-order valence-electron chi connectivity index (χ4n) is 1.77. The van der Waals surface area contributed by atoms with E-state index in [1.807, 2.05) is 4.68 Å². The SMILES string of the molecule is COCCCC(N)Cc1ncnn1CC(C)C. The second kappa shape index (κ2) is 7.40. The van der Waals surface area contributed by atoms with Gasteiger partial charge in [0.1, 0.15) is 12.2 Å². The number of hydrogen-bond donors (Lipinski definition) is 1. The molecule has 0 amide bonds. The average molecular weight is 240 g/mol. The monoisotopic (exact) mass is 240 g/mol. The van der Waals surface area contributed by atoms with E-state index in [0.29, 0.717) is 5.92 Å². The molecule has 1 rings (SSSR count). The fourth-order valence-corrected chi connectivity index (χ4v) is 1.77. The van der Waals surface area contributed by atoms with Gasteiger partial charge in [0.05, 0.1) is 0 Å². The summed E-state index contributed by atoms with van der Waals surface area (Å²) in [4.78, 5) is 4.28. The minimum absolute atomic E-state index is 0.139. The molecule has 0 saturated carbocycles. The first kappa shape index (κ1) is 14.1. The van der Waals surface area contributed by atoms with E-state index in [2.05, 4.69) is 23.9 Å². The van der Waals surface area contributed by atoms with Crippen LogP contribution in [-0.2, 0) is 17.7 Å². The topological polar surface area (TPSA) is 66.0 Å². The number of hydrogen-bond acceptors (Lipinski definition) is 4. The highest BCUT2D eigenvalue weighted by Crippen LogP contribution is 2.06. The molecule has 0 spiro atoms. The lowest BCUT2D eigenvalue weighted by molar-refractivity contribution is 0.190. The Bertz CT molecular complexity index is 311. The zero-order chi connectivity index (χ0) is 12.7. The van der Waals surface area contributed by atoms with Crippen LogP contribution in [0.25, 0.3) is 0 Å². The van der Waals surface area contributed by atoms with Gasteiger partial charge in [0.2, 0.25) is 0 Å². The van der Waals surface area contributed by atoms with Crippen LogP contribution in [0, 0.1) is 5.92 Å². The zero-order valence-corrected chi connectivity index (χ0v) is 11.1. The molecule has 0 aliphatic rings. The molecule has 1 heterocycles. The lowest BCUT2D eigenvalue weighted by atomic mass is 10.1. The molecule has 98 valence electrons. The number of rotatable bonds is 8. The predicted molar refractivity (Wildman–Crippen MR) is 67.6 cm³/mol. The van der Waals surface area contributed by atoms with Gasteiger partial charge in [-0.05, 0) is 18.8 Å². The third kappa shape index (κ3) is 5.28. The molecule has 1 aromatic heterocycles. The lowest BCUT2D eigenvalue weighted by Crippen LogP contribution is -2.25. The maximum Gasteiger partial charge on any atom is 0.138 e. The van der Waals surface area contributed by atoms with Gasteiger partial charge in [-0.3, -0.25) is 0 Å². The molecular formula is C12H24N4O. The van der Waals surface area contributed by atoms with Crippen molar-refractivity contribution in [2.24, 2.45) is 11.7 Å². The van der Waals surface area contributed by atoms with Gasteiger partial charge in [-0.2, -0.15) is 5.10 Å². The molecule has 0 aliphatic carbocycles. The van der Waals surface area contributed by atoms with Crippen LogP contribution in [0.5, 0.6) is 0 Å². The van der Waals surface area contributed by atoms with E-state index in [0.717, 1.165) is 38.2 Å². The van der Waals surface area contributed by atoms with Crippen LogP contribution in [0.15, 0.2) is 6.33 Å². The first-order valence-electron chi connectivity index (χ1n) is 6.24. The Kier molecular flexibility index (Phi) is 6.15. The van der Waals surface area contributed by atoms with E-state index in [9.17, 15) is 0 Å².